The van der Waals surface area contributed by atoms with Gasteiger partial charge in [0, 0.05) is 19.2 Å². The average Bonchev–Trinajstić information content (AvgIpc) is 2.40. The lowest BCUT2D eigenvalue weighted by Gasteiger charge is -2.22. The van der Waals surface area contributed by atoms with Gasteiger partial charge in [-0.1, -0.05) is 0 Å². The Labute approximate surface area is 121 Å². The van der Waals surface area contributed by atoms with Crippen molar-refractivity contribution in [3.05, 3.63) is 33.6 Å². The minimum Gasteiger partial charge on any atom is -0.258 e. The van der Waals surface area contributed by atoms with Crippen LogP contribution in [0.1, 0.15) is 18.9 Å². The largest absolute Gasteiger partial charge is 0.306 e. The van der Waals surface area contributed by atoms with E-state index in [0.717, 1.165) is 10.4 Å². The molecule has 0 bridgehead atoms. The number of benzene rings is 1. The van der Waals surface area contributed by atoms with E-state index in [1.807, 2.05) is 6.07 Å². The summed E-state index contributed by atoms with van der Waals surface area (Å²) in [4.78, 5) is 9.43. The molecule has 1 atom stereocenters. The Bertz CT molecular complexity index is 712. The molecule has 1 unspecified atom stereocenters. The summed E-state index contributed by atoms with van der Waals surface area (Å²) in [5.74, 6) is -1.06. The van der Waals surface area contributed by atoms with Gasteiger partial charge in [-0.05, 0) is 25.5 Å². The monoisotopic (exact) mass is 315 g/mol. The van der Waals surface area contributed by atoms with Gasteiger partial charge in [-0.15, -0.1) is 0 Å². The van der Waals surface area contributed by atoms with Crippen LogP contribution in [-0.4, -0.2) is 30.7 Å². The third-order valence-electron chi connectivity index (χ3n) is 3.09. The highest BCUT2D eigenvalue weighted by atomic mass is 32.2. The van der Waals surface area contributed by atoms with E-state index in [1.165, 1.54) is 20.9 Å². The number of aryl methyl sites for hydroxylation is 1. The molecule has 0 radical (unpaired) electrons. The molecule has 0 N–H and O–H groups in total. The predicted molar refractivity (Wildman–Crippen MR) is 72.4 cm³/mol. The molecule has 0 fully saturated rings. The second kappa shape index (κ2) is 6.15. The molecule has 0 amide bonds. The first-order chi connectivity index (χ1) is 9.62. The van der Waals surface area contributed by atoms with Gasteiger partial charge >= 0.3 is 5.69 Å². The van der Waals surface area contributed by atoms with E-state index >= 15 is 0 Å². The Morgan fingerprint density at radius 3 is 2.57 bits per heavy atom. The maximum absolute atomic E-state index is 13.6. The number of halogens is 1. The minimum atomic E-state index is -4.04. The van der Waals surface area contributed by atoms with Crippen molar-refractivity contribution in [2.45, 2.75) is 31.2 Å². The van der Waals surface area contributed by atoms with E-state index in [2.05, 4.69) is 0 Å². The van der Waals surface area contributed by atoms with Gasteiger partial charge in [-0.25, -0.2) is 8.42 Å². The smallest absolute Gasteiger partial charge is 0.258 e. The average molecular weight is 315 g/mol. The molecule has 0 aliphatic heterocycles. The summed E-state index contributed by atoms with van der Waals surface area (Å²) in [5.41, 5.74) is -1.03. The highest BCUT2D eigenvalue weighted by Gasteiger charge is 2.29. The minimum absolute atomic E-state index is 0.0298. The quantitative estimate of drug-likeness (QED) is 0.610. The molecule has 0 aliphatic carbocycles. The van der Waals surface area contributed by atoms with E-state index < -0.39 is 32.5 Å². The zero-order valence-corrected chi connectivity index (χ0v) is 12.5. The van der Waals surface area contributed by atoms with Crippen LogP contribution in [0, 0.1) is 34.2 Å². The lowest BCUT2D eigenvalue weighted by Crippen LogP contribution is -2.35. The van der Waals surface area contributed by atoms with Crippen LogP contribution in [0.4, 0.5) is 10.1 Å². The molecular weight excluding hydrogens is 301 g/mol. The molecule has 0 aromatic heterocycles. The van der Waals surface area contributed by atoms with Crippen LogP contribution in [0.25, 0.3) is 0 Å². The van der Waals surface area contributed by atoms with Gasteiger partial charge in [-0.2, -0.15) is 14.0 Å². The first-order valence-electron chi connectivity index (χ1n) is 5.92. The Morgan fingerprint density at radius 2 is 2.10 bits per heavy atom. The third-order valence-corrected chi connectivity index (χ3v) is 5.04. The lowest BCUT2D eigenvalue weighted by molar-refractivity contribution is -0.387. The van der Waals surface area contributed by atoms with Crippen molar-refractivity contribution < 1.29 is 17.7 Å². The number of hydrogen-bond donors (Lipinski definition) is 0. The summed E-state index contributed by atoms with van der Waals surface area (Å²) in [5, 5.41) is 19.4. The van der Waals surface area contributed by atoms with Crippen molar-refractivity contribution in [2.24, 2.45) is 0 Å². The fourth-order valence-corrected chi connectivity index (χ4v) is 3.13. The molecule has 1 rings (SSSR count). The van der Waals surface area contributed by atoms with Gasteiger partial charge in [0.05, 0.1) is 22.3 Å². The van der Waals surface area contributed by atoms with Crippen LogP contribution in [0.2, 0.25) is 0 Å². The van der Waals surface area contributed by atoms with Crippen LogP contribution in [0.3, 0.4) is 0 Å². The zero-order chi connectivity index (χ0) is 16.4. The van der Waals surface area contributed by atoms with Crippen LogP contribution >= 0.6 is 0 Å². The Hall–Kier alpha value is -2.05. The summed E-state index contributed by atoms with van der Waals surface area (Å²) >= 11 is 0. The highest BCUT2D eigenvalue weighted by Crippen LogP contribution is 2.27. The molecule has 0 spiro atoms. The number of sulfonamides is 1. The second-order valence-electron chi connectivity index (χ2n) is 4.56. The Balaban J connectivity index is 3.40. The van der Waals surface area contributed by atoms with Crippen molar-refractivity contribution in [3.63, 3.8) is 0 Å². The van der Waals surface area contributed by atoms with E-state index in [4.69, 9.17) is 5.26 Å². The molecular formula is C12H14FN3O4S. The Kier molecular flexibility index (Phi) is 4.98. The highest BCUT2D eigenvalue weighted by molar-refractivity contribution is 7.89. The van der Waals surface area contributed by atoms with Crippen LogP contribution < -0.4 is 0 Å². The predicted octanol–water partition coefficient (Wildman–Crippen LogP) is 1.97. The van der Waals surface area contributed by atoms with E-state index in [-0.39, 0.29) is 16.9 Å². The standard InChI is InChI=1S/C12H14FN3O4S/c1-8-6-10(7-11(12(8)13)16(17)18)21(19,20)15(3)9(2)4-5-14/h6-7,9H,4H2,1-3H3. The molecule has 7 nitrogen and oxygen atoms in total. The fraction of sp³-hybridized carbons (Fsp3) is 0.417. The summed E-state index contributed by atoms with van der Waals surface area (Å²) in [6.45, 7) is 2.78. The van der Waals surface area contributed by atoms with E-state index in [1.54, 1.807) is 0 Å². The van der Waals surface area contributed by atoms with Gasteiger partial charge in [0.15, 0.2) is 0 Å². The number of hydrogen-bond acceptors (Lipinski definition) is 5. The molecule has 21 heavy (non-hydrogen) atoms. The van der Waals surface area contributed by atoms with Gasteiger partial charge in [-0.3, -0.25) is 10.1 Å². The fourth-order valence-electron chi connectivity index (χ4n) is 1.66. The number of nitriles is 1. The Morgan fingerprint density at radius 1 is 1.52 bits per heavy atom. The number of nitro groups is 1. The molecule has 114 valence electrons. The zero-order valence-electron chi connectivity index (χ0n) is 11.7. The number of nitrogens with zero attached hydrogens (tertiary/aromatic N) is 3. The van der Waals surface area contributed by atoms with E-state index in [9.17, 15) is 22.9 Å². The third kappa shape index (κ3) is 3.34. The first kappa shape index (κ1) is 17.0. The summed E-state index contributed by atoms with van der Waals surface area (Å²) in [6.07, 6.45) is -0.0298. The normalized spacial score (nSPS) is 13.0. The number of rotatable bonds is 5. The van der Waals surface area contributed by atoms with Gasteiger partial charge < -0.3 is 0 Å². The SMILES string of the molecule is Cc1cc(S(=O)(=O)N(C)C(C)CC#N)cc([N+](=O)[O-])c1F. The molecule has 9 heteroatoms. The summed E-state index contributed by atoms with van der Waals surface area (Å²) < 4.78 is 39.3. The van der Waals surface area contributed by atoms with Crippen molar-refractivity contribution >= 4 is 15.7 Å². The first-order valence-corrected chi connectivity index (χ1v) is 7.36. The van der Waals surface area contributed by atoms with Crippen LogP contribution in [0.15, 0.2) is 17.0 Å². The number of nitro benzene ring substituents is 1. The molecule has 0 aliphatic rings. The maximum Gasteiger partial charge on any atom is 0.306 e. The molecule has 1 aromatic carbocycles. The van der Waals surface area contributed by atoms with Crippen molar-refractivity contribution in [1.29, 1.82) is 5.26 Å². The van der Waals surface area contributed by atoms with E-state index in [0.29, 0.717) is 6.07 Å². The van der Waals surface area contributed by atoms with Crippen molar-refractivity contribution in [1.82, 2.24) is 4.31 Å². The van der Waals surface area contributed by atoms with Crippen LogP contribution in [-0.2, 0) is 10.0 Å². The maximum atomic E-state index is 13.6. The molecule has 0 heterocycles. The molecule has 0 saturated heterocycles. The summed E-state index contributed by atoms with van der Waals surface area (Å²) in [7, 11) is -2.78. The van der Waals surface area contributed by atoms with Crippen molar-refractivity contribution in [3.8, 4) is 6.07 Å². The molecule has 0 saturated carbocycles. The van der Waals surface area contributed by atoms with Gasteiger partial charge in [0.25, 0.3) is 0 Å². The van der Waals surface area contributed by atoms with Gasteiger partial charge in [0.1, 0.15) is 0 Å². The summed E-state index contributed by atoms with van der Waals surface area (Å²) in [6, 6.07) is 2.96. The van der Waals surface area contributed by atoms with Crippen molar-refractivity contribution in [2.75, 3.05) is 7.05 Å². The van der Waals surface area contributed by atoms with Gasteiger partial charge in [0.2, 0.25) is 15.8 Å². The van der Waals surface area contributed by atoms with Crippen LogP contribution in [0.5, 0.6) is 0 Å². The second-order valence-corrected chi connectivity index (χ2v) is 6.56. The molecule has 1 aromatic rings. The lowest BCUT2D eigenvalue weighted by atomic mass is 10.2. The topological polar surface area (TPSA) is 104 Å².